The molecule has 2 atom stereocenters. The van der Waals surface area contributed by atoms with E-state index in [1.54, 1.807) is 30.7 Å². The summed E-state index contributed by atoms with van der Waals surface area (Å²) in [5.74, 6) is 6.38. The third-order valence-electron chi connectivity index (χ3n) is 5.31. The van der Waals surface area contributed by atoms with E-state index >= 15 is 0 Å². The number of alkyl halides is 2. The number of amides is 1. The number of halogens is 2. The normalized spacial score (nSPS) is 20.0. The van der Waals surface area contributed by atoms with Crippen LogP contribution in [0.15, 0.2) is 30.7 Å². The van der Waals surface area contributed by atoms with Gasteiger partial charge in [0, 0.05) is 36.1 Å². The summed E-state index contributed by atoms with van der Waals surface area (Å²) in [6.07, 6.45) is 2.33. The Labute approximate surface area is 167 Å². The summed E-state index contributed by atoms with van der Waals surface area (Å²) < 4.78 is 32.8. The SMILES string of the molecule is CC(C)(C(=O)N1C[C@@H]2C[C@H]1c1cncc(C#Cc3ccnc(N)c3)c1O2)C(F)F. The number of nitrogens with zero attached hydrogens (tertiary/aromatic N) is 3. The lowest BCUT2D eigenvalue weighted by molar-refractivity contribution is -0.149. The zero-order chi connectivity index (χ0) is 20.8. The van der Waals surface area contributed by atoms with E-state index in [0.29, 0.717) is 34.7 Å². The minimum atomic E-state index is -2.75. The molecule has 1 amide bonds. The number of carbonyl (C=O) groups excluding carboxylic acids is 1. The maximum Gasteiger partial charge on any atom is 0.252 e. The molecule has 2 bridgehead atoms. The van der Waals surface area contributed by atoms with Crippen LogP contribution in [0.4, 0.5) is 14.6 Å². The quantitative estimate of drug-likeness (QED) is 0.787. The first kappa shape index (κ1) is 19.1. The van der Waals surface area contributed by atoms with Crippen LogP contribution in [0.3, 0.4) is 0 Å². The van der Waals surface area contributed by atoms with Crippen LogP contribution in [0.5, 0.6) is 5.75 Å². The van der Waals surface area contributed by atoms with Crippen LogP contribution < -0.4 is 10.5 Å². The summed E-state index contributed by atoms with van der Waals surface area (Å²) in [4.78, 5) is 22.5. The van der Waals surface area contributed by atoms with Gasteiger partial charge in [-0.3, -0.25) is 9.78 Å². The van der Waals surface area contributed by atoms with E-state index in [2.05, 4.69) is 21.8 Å². The average Bonchev–Trinajstić information content (AvgIpc) is 3.03. The maximum absolute atomic E-state index is 13.4. The smallest absolute Gasteiger partial charge is 0.252 e. The van der Waals surface area contributed by atoms with E-state index in [9.17, 15) is 13.6 Å². The van der Waals surface area contributed by atoms with E-state index in [4.69, 9.17) is 10.5 Å². The van der Waals surface area contributed by atoms with Crippen molar-refractivity contribution in [1.29, 1.82) is 0 Å². The van der Waals surface area contributed by atoms with Crippen molar-refractivity contribution in [2.45, 2.75) is 38.8 Å². The molecule has 2 aromatic heterocycles. The van der Waals surface area contributed by atoms with Gasteiger partial charge in [0.2, 0.25) is 5.91 Å². The van der Waals surface area contributed by atoms with Crippen LogP contribution in [0, 0.1) is 17.3 Å². The van der Waals surface area contributed by atoms with Gasteiger partial charge in [0.25, 0.3) is 6.43 Å². The van der Waals surface area contributed by atoms with Crippen molar-refractivity contribution in [2.75, 3.05) is 12.3 Å². The van der Waals surface area contributed by atoms with Crippen LogP contribution in [0.1, 0.15) is 43.0 Å². The van der Waals surface area contributed by atoms with Crippen LogP contribution in [0.2, 0.25) is 0 Å². The predicted octanol–water partition coefficient (Wildman–Crippen LogP) is 2.78. The molecule has 1 saturated heterocycles. The number of ether oxygens (including phenoxy) is 1. The third-order valence-corrected chi connectivity index (χ3v) is 5.31. The zero-order valence-corrected chi connectivity index (χ0v) is 16.0. The largest absolute Gasteiger partial charge is 0.487 e. The van der Waals surface area contributed by atoms with Crippen molar-refractivity contribution in [3.63, 3.8) is 0 Å². The molecule has 0 spiro atoms. The van der Waals surface area contributed by atoms with Crippen LogP contribution in [-0.4, -0.2) is 39.8 Å². The molecule has 0 saturated carbocycles. The summed E-state index contributed by atoms with van der Waals surface area (Å²) in [5.41, 5.74) is 5.89. The number of rotatable bonds is 2. The monoisotopic (exact) mass is 398 g/mol. The second-order valence-corrected chi connectivity index (χ2v) is 7.80. The number of hydrogen-bond acceptors (Lipinski definition) is 5. The molecule has 4 rings (SSSR count). The van der Waals surface area contributed by atoms with Gasteiger partial charge >= 0.3 is 0 Å². The minimum absolute atomic E-state index is 0.260. The standard InChI is InChI=1S/C21H20F2N4O2/c1-21(2,19(22)23)20(28)27-11-14-8-16(27)15-10-25-9-13(18(15)29-14)4-3-12-5-6-26-17(24)7-12/h5-7,9-10,14,16,19H,8,11H2,1-2H3,(H2,24,26)/t14-,16-/m0/s1. The van der Waals surface area contributed by atoms with E-state index < -0.39 is 17.7 Å². The number of carbonyl (C=O) groups is 1. The number of anilines is 1. The molecule has 0 aromatic carbocycles. The van der Waals surface area contributed by atoms with Crippen LogP contribution >= 0.6 is 0 Å². The van der Waals surface area contributed by atoms with Crippen LogP contribution in [0.25, 0.3) is 0 Å². The lowest BCUT2D eigenvalue weighted by Gasteiger charge is -2.32. The van der Waals surface area contributed by atoms with Gasteiger partial charge in [-0.2, -0.15) is 0 Å². The molecule has 8 heteroatoms. The molecule has 2 aromatic rings. The minimum Gasteiger partial charge on any atom is -0.487 e. The predicted molar refractivity (Wildman–Crippen MR) is 102 cm³/mol. The maximum atomic E-state index is 13.4. The lowest BCUT2D eigenvalue weighted by atomic mass is 9.91. The van der Waals surface area contributed by atoms with Gasteiger partial charge in [-0.25, -0.2) is 13.8 Å². The lowest BCUT2D eigenvalue weighted by Crippen LogP contribution is -2.44. The van der Waals surface area contributed by atoms with E-state index in [1.807, 2.05) is 0 Å². The topological polar surface area (TPSA) is 81.3 Å². The van der Waals surface area contributed by atoms with E-state index in [0.717, 1.165) is 0 Å². The van der Waals surface area contributed by atoms with E-state index in [-0.39, 0.29) is 18.7 Å². The Morgan fingerprint density at radius 2 is 2.17 bits per heavy atom. The molecule has 2 aliphatic heterocycles. The zero-order valence-electron chi connectivity index (χ0n) is 16.0. The van der Waals surface area contributed by atoms with Crippen LogP contribution in [-0.2, 0) is 4.79 Å². The first-order valence-electron chi connectivity index (χ1n) is 9.24. The van der Waals surface area contributed by atoms with Crippen molar-refractivity contribution >= 4 is 11.7 Å². The molecule has 4 heterocycles. The second-order valence-electron chi connectivity index (χ2n) is 7.80. The Kier molecular flexibility index (Phi) is 4.61. The number of likely N-dealkylation sites (tertiary alicyclic amines) is 1. The molecule has 0 aliphatic carbocycles. The third kappa shape index (κ3) is 3.37. The van der Waals surface area contributed by atoms with Gasteiger partial charge in [0.05, 0.1) is 18.2 Å². The van der Waals surface area contributed by atoms with Crippen molar-refractivity contribution in [1.82, 2.24) is 14.9 Å². The summed E-state index contributed by atoms with van der Waals surface area (Å²) >= 11 is 0. The van der Waals surface area contributed by atoms with Gasteiger partial charge in [-0.1, -0.05) is 11.8 Å². The number of hydrogen-bond donors (Lipinski definition) is 1. The fraction of sp³-hybridized carbons (Fsp3) is 0.381. The Hall–Kier alpha value is -3.21. The number of nitrogens with two attached hydrogens (primary N) is 1. The van der Waals surface area contributed by atoms with Gasteiger partial charge < -0.3 is 15.4 Å². The first-order valence-corrected chi connectivity index (χ1v) is 9.24. The van der Waals surface area contributed by atoms with Gasteiger partial charge in [0.1, 0.15) is 23.1 Å². The summed E-state index contributed by atoms with van der Waals surface area (Å²) in [5, 5.41) is 0. The molecule has 0 radical (unpaired) electrons. The molecular weight excluding hydrogens is 378 g/mol. The Bertz CT molecular complexity index is 1030. The highest BCUT2D eigenvalue weighted by Crippen LogP contribution is 2.46. The molecule has 150 valence electrons. The second kappa shape index (κ2) is 6.99. The molecule has 29 heavy (non-hydrogen) atoms. The Balaban J connectivity index is 1.68. The van der Waals surface area contributed by atoms with Crippen molar-refractivity contribution in [2.24, 2.45) is 5.41 Å². The summed E-state index contributed by atoms with van der Waals surface area (Å²) in [6.45, 7) is 2.80. The highest BCUT2D eigenvalue weighted by Gasteiger charge is 2.49. The fourth-order valence-electron chi connectivity index (χ4n) is 3.62. The van der Waals surface area contributed by atoms with E-state index in [1.165, 1.54) is 18.7 Å². The highest BCUT2D eigenvalue weighted by molar-refractivity contribution is 5.83. The molecule has 1 fully saturated rings. The number of nitrogen functional groups attached to an aromatic ring is 1. The average molecular weight is 398 g/mol. The van der Waals surface area contributed by atoms with Gasteiger partial charge in [-0.05, 0) is 26.0 Å². The van der Waals surface area contributed by atoms with Crippen molar-refractivity contribution < 1.29 is 18.3 Å². The number of pyridine rings is 2. The number of fused-ring (bicyclic) bond motifs is 4. The Morgan fingerprint density at radius 1 is 1.38 bits per heavy atom. The number of aromatic nitrogens is 2. The molecule has 2 aliphatic rings. The Morgan fingerprint density at radius 3 is 2.90 bits per heavy atom. The highest BCUT2D eigenvalue weighted by atomic mass is 19.3. The van der Waals surface area contributed by atoms with Crippen molar-refractivity contribution in [3.8, 4) is 17.6 Å². The first-order chi connectivity index (χ1) is 13.8. The molecule has 0 unspecified atom stereocenters. The molecule has 6 nitrogen and oxygen atoms in total. The fourth-order valence-corrected chi connectivity index (χ4v) is 3.62. The van der Waals surface area contributed by atoms with Gasteiger partial charge in [-0.15, -0.1) is 0 Å². The van der Waals surface area contributed by atoms with Crippen molar-refractivity contribution in [3.05, 3.63) is 47.4 Å². The van der Waals surface area contributed by atoms with Gasteiger partial charge in [0.15, 0.2) is 0 Å². The summed E-state index contributed by atoms with van der Waals surface area (Å²) in [7, 11) is 0. The summed E-state index contributed by atoms with van der Waals surface area (Å²) in [6, 6.07) is 3.05. The molecular formula is C21H20F2N4O2. The molecule has 2 N–H and O–H groups in total.